The minimum absolute atomic E-state index is 0.152. The van der Waals surface area contributed by atoms with Gasteiger partial charge in [-0.15, -0.1) is 0 Å². The first-order valence-electron chi connectivity index (χ1n) is 6.73. The summed E-state index contributed by atoms with van der Waals surface area (Å²) in [6.07, 6.45) is 3.42. The number of benzene rings is 1. The third kappa shape index (κ3) is 5.22. The minimum Gasteiger partial charge on any atom is -0.310 e. The van der Waals surface area contributed by atoms with Crippen molar-refractivity contribution in [1.29, 1.82) is 0 Å². The summed E-state index contributed by atoms with van der Waals surface area (Å²) in [5, 5.41) is 3.57. The summed E-state index contributed by atoms with van der Waals surface area (Å²) < 4.78 is 14.2. The van der Waals surface area contributed by atoms with Crippen molar-refractivity contribution in [3.63, 3.8) is 0 Å². The third-order valence-corrected chi connectivity index (χ3v) is 3.95. The zero-order chi connectivity index (χ0) is 13.5. The van der Waals surface area contributed by atoms with Gasteiger partial charge >= 0.3 is 0 Å². The highest BCUT2D eigenvalue weighted by atomic mass is 127. The van der Waals surface area contributed by atoms with Crippen LogP contribution in [0.15, 0.2) is 18.2 Å². The summed E-state index contributed by atoms with van der Waals surface area (Å²) in [4.78, 5) is 0. The van der Waals surface area contributed by atoms with Crippen molar-refractivity contribution in [3.05, 3.63) is 33.1 Å². The van der Waals surface area contributed by atoms with Crippen LogP contribution < -0.4 is 5.32 Å². The van der Waals surface area contributed by atoms with E-state index in [1.54, 1.807) is 12.1 Å². The zero-order valence-corrected chi connectivity index (χ0v) is 13.6. The summed E-state index contributed by atoms with van der Waals surface area (Å²) in [5.41, 5.74) is 1.23. The van der Waals surface area contributed by atoms with Crippen molar-refractivity contribution in [2.45, 2.75) is 46.1 Å². The molecule has 18 heavy (non-hydrogen) atoms. The van der Waals surface area contributed by atoms with E-state index in [-0.39, 0.29) is 5.82 Å². The first-order valence-corrected chi connectivity index (χ1v) is 7.80. The fourth-order valence-electron chi connectivity index (χ4n) is 1.97. The maximum Gasteiger partial charge on any atom is 0.124 e. The van der Waals surface area contributed by atoms with Gasteiger partial charge in [-0.1, -0.05) is 26.8 Å². The van der Waals surface area contributed by atoms with E-state index < -0.39 is 0 Å². The number of hydrogen-bond acceptors (Lipinski definition) is 1. The Morgan fingerprint density at radius 2 is 2.00 bits per heavy atom. The molecule has 0 radical (unpaired) electrons. The lowest BCUT2D eigenvalue weighted by atomic mass is 9.97. The molecule has 0 aliphatic carbocycles. The lowest BCUT2D eigenvalue weighted by Gasteiger charge is -2.21. The topological polar surface area (TPSA) is 12.0 Å². The molecule has 3 heteroatoms. The molecule has 0 heterocycles. The summed E-state index contributed by atoms with van der Waals surface area (Å²) in [5.74, 6) is 0.551. The number of halogens is 2. The van der Waals surface area contributed by atoms with Crippen LogP contribution in [-0.2, 0) is 0 Å². The highest BCUT2D eigenvalue weighted by Gasteiger charge is 2.14. The Hall–Kier alpha value is -0.160. The molecule has 0 fully saturated rings. The second kappa shape index (κ2) is 8.10. The first-order chi connectivity index (χ1) is 8.54. The van der Waals surface area contributed by atoms with Gasteiger partial charge in [0, 0.05) is 9.61 Å². The predicted octanol–water partition coefficient (Wildman–Crippen LogP) is 4.91. The maximum absolute atomic E-state index is 13.2. The van der Waals surface area contributed by atoms with Gasteiger partial charge < -0.3 is 5.32 Å². The fraction of sp³-hybridized carbons (Fsp3) is 0.600. The first kappa shape index (κ1) is 15.9. The van der Waals surface area contributed by atoms with Crippen molar-refractivity contribution in [2.75, 3.05) is 6.54 Å². The van der Waals surface area contributed by atoms with Gasteiger partial charge in [-0.05, 0) is 72.0 Å². The van der Waals surface area contributed by atoms with Gasteiger partial charge in [-0.25, -0.2) is 4.39 Å². The van der Waals surface area contributed by atoms with E-state index in [0.717, 1.165) is 23.0 Å². The van der Waals surface area contributed by atoms with Crippen LogP contribution in [0.5, 0.6) is 0 Å². The van der Waals surface area contributed by atoms with Crippen LogP contribution >= 0.6 is 22.6 Å². The summed E-state index contributed by atoms with van der Waals surface area (Å²) in [7, 11) is 0. The van der Waals surface area contributed by atoms with Crippen molar-refractivity contribution >= 4 is 22.6 Å². The summed E-state index contributed by atoms with van der Waals surface area (Å²) in [6, 6.07) is 5.45. The second-order valence-corrected chi connectivity index (χ2v) is 6.31. The Balaban J connectivity index is 2.79. The molecular formula is C15H23FIN. The van der Waals surface area contributed by atoms with Gasteiger partial charge in [0.05, 0.1) is 0 Å². The molecule has 1 atom stereocenters. The fourth-order valence-corrected chi connectivity index (χ4v) is 2.82. The average Bonchev–Trinajstić information content (AvgIpc) is 2.30. The van der Waals surface area contributed by atoms with E-state index in [1.165, 1.54) is 12.0 Å². The minimum atomic E-state index is -0.152. The molecule has 0 bridgehead atoms. The molecule has 0 spiro atoms. The second-order valence-electron chi connectivity index (χ2n) is 5.14. The van der Waals surface area contributed by atoms with Crippen molar-refractivity contribution < 1.29 is 4.39 Å². The molecular weight excluding hydrogens is 340 g/mol. The van der Waals surface area contributed by atoms with E-state index in [4.69, 9.17) is 0 Å². The smallest absolute Gasteiger partial charge is 0.124 e. The third-order valence-electron chi connectivity index (χ3n) is 3.01. The van der Waals surface area contributed by atoms with Crippen LogP contribution in [-0.4, -0.2) is 6.54 Å². The number of nitrogens with one attached hydrogen (secondary N) is 1. The Morgan fingerprint density at radius 3 is 2.56 bits per heavy atom. The lowest BCUT2D eigenvalue weighted by Crippen LogP contribution is -2.23. The van der Waals surface area contributed by atoms with Gasteiger partial charge in [0.2, 0.25) is 0 Å². The van der Waals surface area contributed by atoms with Crippen LogP contribution in [0.25, 0.3) is 0 Å². The molecule has 0 aromatic heterocycles. The molecule has 0 amide bonds. The van der Waals surface area contributed by atoms with Gasteiger partial charge in [0.1, 0.15) is 5.82 Å². The molecule has 1 aromatic rings. The Kier molecular flexibility index (Phi) is 7.15. The number of hydrogen-bond donors (Lipinski definition) is 1. The normalized spacial score (nSPS) is 13.0. The molecule has 0 saturated heterocycles. The van der Waals surface area contributed by atoms with Gasteiger partial charge in [-0.2, -0.15) is 0 Å². The molecule has 1 aromatic carbocycles. The molecule has 102 valence electrons. The van der Waals surface area contributed by atoms with Crippen LogP contribution in [0.1, 0.15) is 51.6 Å². The molecule has 0 aliphatic heterocycles. The largest absolute Gasteiger partial charge is 0.310 e. The van der Waals surface area contributed by atoms with Crippen LogP contribution in [0.2, 0.25) is 0 Å². The average molecular weight is 363 g/mol. The van der Waals surface area contributed by atoms with Crippen molar-refractivity contribution in [1.82, 2.24) is 5.32 Å². The van der Waals surface area contributed by atoms with Gasteiger partial charge in [0.25, 0.3) is 0 Å². The molecule has 1 nitrogen and oxygen atoms in total. The summed E-state index contributed by atoms with van der Waals surface area (Å²) >= 11 is 2.23. The molecule has 1 N–H and O–H groups in total. The Labute approximate surface area is 124 Å². The van der Waals surface area contributed by atoms with E-state index in [9.17, 15) is 4.39 Å². The lowest BCUT2D eigenvalue weighted by molar-refractivity contribution is 0.439. The van der Waals surface area contributed by atoms with E-state index in [0.29, 0.717) is 12.0 Å². The van der Waals surface area contributed by atoms with E-state index >= 15 is 0 Å². The van der Waals surface area contributed by atoms with Gasteiger partial charge in [-0.3, -0.25) is 0 Å². The van der Waals surface area contributed by atoms with Crippen LogP contribution in [0, 0.1) is 15.3 Å². The SMILES string of the molecule is CCCNC(CCC(C)C)c1ccc(F)cc1I. The van der Waals surface area contributed by atoms with Crippen molar-refractivity contribution in [2.24, 2.45) is 5.92 Å². The molecule has 1 rings (SSSR count). The molecule has 0 saturated carbocycles. The monoisotopic (exact) mass is 363 g/mol. The Bertz CT molecular complexity index is 366. The predicted molar refractivity (Wildman–Crippen MR) is 84.2 cm³/mol. The van der Waals surface area contributed by atoms with E-state index in [2.05, 4.69) is 48.7 Å². The summed E-state index contributed by atoms with van der Waals surface area (Å²) in [6.45, 7) is 7.66. The van der Waals surface area contributed by atoms with E-state index in [1.807, 2.05) is 6.07 Å². The molecule has 1 unspecified atom stereocenters. The quantitative estimate of drug-likeness (QED) is 0.679. The van der Waals surface area contributed by atoms with Crippen molar-refractivity contribution in [3.8, 4) is 0 Å². The van der Waals surface area contributed by atoms with Crippen LogP contribution in [0.3, 0.4) is 0 Å². The standard InChI is InChI=1S/C15H23FIN/c1-4-9-18-15(8-5-11(2)3)13-7-6-12(16)10-14(13)17/h6-7,10-11,15,18H,4-5,8-9H2,1-3H3. The maximum atomic E-state index is 13.2. The highest BCUT2D eigenvalue weighted by molar-refractivity contribution is 14.1. The van der Waals surface area contributed by atoms with Crippen LogP contribution in [0.4, 0.5) is 4.39 Å². The molecule has 0 aliphatic rings. The number of rotatable bonds is 7. The van der Waals surface area contributed by atoms with Gasteiger partial charge in [0.15, 0.2) is 0 Å². The zero-order valence-electron chi connectivity index (χ0n) is 11.5. The highest BCUT2D eigenvalue weighted by Crippen LogP contribution is 2.26. The Morgan fingerprint density at radius 1 is 1.28 bits per heavy atom.